The van der Waals surface area contributed by atoms with Crippen molar-refractivity contribution in [3.63, 3.8) is 0 Å². The largest absolute Gasteiger partial charge is 0.506 e. The van der Waals surface area contributed by atoms with E-state index in [4.69, 9.17) is 0 Å². The average Bonchev–Trinajstić information content (AvgIpc) is 2.43. The molecule has 2 N–H and O–H groups in total. The molecule has 1 aromatic carbocycles. The molecule has 1 aliphatic rings. The van der Waals surface area contributed by atoms with Crippen molar-refractivity contribution >= 4 is 21.8 Å². The summed E-state index contributed by atoms with van der Waals surface area (Å²) in [6, 6.07) is 3.71. The minimum Gasteiger partial charge on any atom is -0.506 e. The van der Waals surface area contributed by atoms with Crippen LogP contribution in [0.5, 0.6) is 5.75 Å². The fourth-order valence-corrected chi connectivity index (χ4v) is 3.14. The summed E-state index contributed by atoms with van der Waals surface area (Å²) in [4.78, 5) is 14.7. The molecule has 0 aromatic heterocycles. The number of phenols is 1. The summed E-state index contributed by atoms with van der Waals surface area (Å²) in [7, 11) is 0. The van der Waals surface area contributed by atoms with Crippen LogP contribution in [0.15, 0.2) is 16.6 Å². The summed E-state index contributed by atoms with van der Waals surface area (Å²) in [6.45, 7) is 7.16. The van der Waals surface area contributed by atoms with Gasteiger partial charge < -0.3 is 15.3 Å². The van der Waals surface area contributed by atoms with Crippen LogP contribution in [0, 0.1) is 6.92 Å². The van der Waals surface area contributed by atoms with Gasteiger partial charge in [-0.05, 0) is 59.9 Å². The molecular formula is C15H21BrN2O2. The monoisotopic (exact) mass is 340 g/mol. The number of piperidine rings is 1. The first-order valence-electron chi connectivity index (χ1n) is 7.03. The van der Waals surface area contributed by atoms with Gasteiger partial charge in [0.05, 0.1) is 10.0 Å². The lowest BCUT2D eigenvalue weighted by atomic mass is 10.0. The molecule has 20 heavy (non-hydrogen) atoms. The van der Waals surface area contributed by atoms with Crippen LogP contribution in [0.4, 0.5) is 0 Å². The van der Waals surface area contributed by atoms with E-state index in [-0.39, 0.29) is 17.7 Å². The number of amides is 1. The third-order valence-electron chi connectivity index (χ3n) is 3.82. The van der Waals surface area contributed by atoms with E-state index in [1.165, 1.54) is 0 Å². The Morgan fingerprint density at radius 2 is 2.10 bits per heavy atom. The predicted octanol–water partition coefficient (Wildman–Crippen LogP) is 2.68. The number of likely N-dealkylation sites (tertiary alicyclic amines) is 1. The lowest BCUT2D eigenvalue weighted by molar-refractivity contribution is 0.0910. The minimum atomic E-state index is -0.193. The van der Waals surface area contributed by atoms with Gasteiger partial charge in [0.2, 0.25) is 0 Å². The van der Waals surface area contributed by atoms with Crippen LogP contribution in [0.3, 0.4) is 0 Å². The maximum absolute atomic E-state index is 12.3. The molecule has 1 saturated heterocycles. The van der Waals surface area contributed by atoms with Gasteiger partial charge in [-0.2, -0.15) is 0 Å². The minimum absolute atomic E-state index is 0.0131. The van der Waals surface area contributed by atoms with Gasteiger partial charge >= 0.3 is 0 Å². The molecule has 0 radical (unpaired) electrons. The lowest BCUT2D eigenvalue weighted by Crippen LogP contribution is -2.44. The number of aryl methyl sites for hydroxylation is 1. The number of benzene rings is 1. The number of hydrogen-bond acceptors (Lipinski definition) is 3. The molecule has 0 spiro atoms. The van der Waals surface area contributed by atoms with Crippen LogP contribution in [-0.4, -0.2) is 41.6 Å². The van der Waals surface area contributed by atoms with E-state index in [9.17, 15) is 9.90 Å². The van der Waals surface area contributed by atoms with Crippen molar-refractivity contribution in [2.45, 2.75) is 32.7 Å². The van der Waals surface area contributed by atoms with Gasteiger partial charge in [-0.25, -0.2) is 0 Å². The Bertz CT molecular complexity index is 497. The zero-order valence-corrected chi connectivity index (χ0v) is 13.5. The Kier molecular flexibility index (Phi) is 5.05. The molecule has 1 aliphatic heterocycles. The number of carbonyl (C=O) groups excluding carboxylic acids is 1. The predicted molar refractivity (Wildman–Crippen MR) is 83.1 cm³/mol. The number of aromatic hydroxyl groups is 1. The van der Waals surface area contributed by atoms with Crippen molar-refractivity contribution in [1.82, 2.24) is 10.2 Å². The molecule has 5 heteroatoms. The molecule has 0 saturated carbocycles. The van der Waals surface area contributed by atoms with Gasteiger partial charge in [0.25, 0.3) is 5.91 Å². The van der Waals surface area contributed by atoms with Crippen molar-refractivity contribution in [2.24, 2.45) is 0 Å². The summed E-state index contributed by atoms with van der Waals surface area (Å²) < 4.78 is 0.559. The molecule has 0 aliphatic carbocycles. The zero-order valence-electron chi connectivity index (χ0n) is 11.9. The fourth-order valence-electron chi connectivity index (χ4n) is 2.56. The van der Waals surface area contributed by atoms with E-state index in [2.05, 4.69) is 33.1 Å². The molecule has 1 amide bonds. The van der Waals surface area contributed by atoms with Gasteiger partial charge in [-0.3, -0.25) is 4.79 Å². The number of hydrogen-bond donors (Lipinski definition) is 2. The highest BCUT2D eigenvalue weighted by molar-refractivity contribution is 9.10. The van der Waals surface area contributed by atoms with Crippen molar-refractivity contribution < 1.29 is 9.90 Å². The zero-order chi connectivity index (χ0) is 14.7. The molecule has 0 unspecified atom stereocenters. The number of rotatable bonds is 3. The van der Waals surface area contributed by atoms with Gasteiger partial charge in [0.1, 0.15) is 5.75 Å². The Morgan fingerprint density at radius 1 is 1.45 bits per heavy atom. The molecule has 4 nitrogen and oxygen atoms in total. The summed E-state index contributed by atoms with van der Waals surface area (Å²) in [5.74, 6) is -0.180. The first kappa shape index (κ1) is 15.3. The van der Waals surface area contributed by atoms with Crippen LogP contribution >= 0.6 is 15.9 Å². The molecule has 1 aromatic rings. The molecule has 110 valence electrons. The Balaban J connectivity index is 2.02. The van der Waals surface area contributed by atoms with Crippen LogP contribution < -0.4 is 5.32 Å². The smallest absolute Gasteiger partial charge is 0.255 e. The number of nitrogens with zero attached hydrogens (tertiary/aromatic N) is 1. The van der Waals surface area contributed by atoms with Crippen molar-refractivity contribution in [2.75, 3.05) is 19.6 Å². The first-order valence-corrected chi connectivity index (χ1v) is 7.83. The molecule has 0 bridgehead atoms. The number of carbonyl (C=O) groups is 1. The van der Waals surface area contributed by atoms with E-state index in [1.807, 2.05) is 6.92 Å². The summed E-state index contributed by atoms with van der Waals surface area (Å²) in [6.07, 6.45) is 1.93. The van der Waals surface area contributed by atoms with E-state index < -0.39 is 0 Å². The van der Waals surface area contributed by atoms with Gasteiger partial charge in [0, 0.05) is 19.1 Å². The topological polar surface area (TPSA) is 52.6 Å². The van der Waals surface area contributed by atoms with Crippen molar-refractivity contribution in [3.05, 3.63) is 27.7 Å². The van der Waals surface area contributed by atoms with Crippen molar-refractivity contribution in [1.29, 1.82) is 0 Å². The summed E-state index contributed by atoms with van der Waals surface area (Å²) in [5, 5.41) is 13.0. The highest BCUT2D eigenvalue weighted by atomic mass is 79.9. The molecule has 1 heterocycles. The molecular weight excluding hydrogens is 320 g/mol. The lowest BCUT2D eigenvalue weighted by Gasteiger charge is -2.31. The standard InChI is InChI=1S/C15H21BrN2O2/c1-3-18-6-4-11(5-7-18)17-15(20)12-8-10(2)9-13(16)14(12)19/h8-9,11,19H,3-7H2,1-2H3,(H,17,20). The molecule has 2 rings (SSSR count). The van der Waals surface area contributed by atoms with Crippen molar-refractivity contribution in [3.8, 4) is 5.75 Å². The second-order valence-corrected chi connectivity index (χ2v) is 6.18. The fraction of sp³-hybridized carbons (Fsp3) is 0.533. The normalized spacial score (nSPS) is 17.1. The quantitative estimate of drug-likeness (QED) is 0.889. The third-order valence-corrected chi connectivity index (χ3v) is 4.43. The Morgan fingerprint density at radius 3 is 2.70 bits per heavy atom. The second kappa shape index (κ2) is 6.59. The SMILES string of the molecule is CCN1CCC(NC(=O)c2cc(C)cc(Br)c2O)CC1. The van der Waals surface area contributed by atoms with Gasteiger partial charge in [-0.15, -0.1) is 0 Å². The highest BCUT2D eigenvalue weighted by Crippen LogP contribution is 2.29. The number of nitrogens with one attached hydrogen (secondary N) is 1. The number of halogens is 1. The maximum Gasteiger partial charge on any atom is 0.255 e. The number of phenolic OH excluding ortho intramolecular Hbond substituents is 1. The third kappa shape index (κ3) is 3.52. The molecule has 1 fully saturated rings. The second-order valence-electron chi connectivity index (χ2n) is 5.32. The van der Waals surface area contributed by atoms with Gasteiger partial charge in [-0.1, -0.05) is 6.92 Å². The van der Waals surface area contributed by atoms with E-state index in [0.717, 1.165) is 38.0 Å². The van der Waals surface area contributed by atoms with Crippen LogP contribution in [0.1, 0.15) is 35.7 Å². The molecule has 0 atom stereocenters. The van der Waals surface area contributed by atoms with Crippen LogP contribution in [0.25, 0.3) is 0 Å². The highest BCUT2D eigenvalue weighted by Gasteiger charge is 2.22. The summed E-state index contributed by atoms with van der Waals surface area (Å²) in [5.41, 5.74) is 1.29. The first-order chi connectivity index (χ1) is 9.51. The Labute approximate surface area is 128 Å². The van der Waals surface area contributed by atoms with E-state index >= 15 is 0 Å². The Hall–Kier alpha value is -1.07. The summed E-state index contributed by atoms with van der Waals surface area (Å²) >= 11 is 3.27. The van der Waals surface area contributed by atoms with Crippen LogP contribution in [-0.2, 0) is 0 Å². The average molecular weight is 341 g/mol. The maximum atomic E-state index is 12.3. The van der Waals surface area contributed by atoms with Gasteiger partial charge in [0.15, 0.2) is 0 Å². The van der Waals surface area contributed by atoms with Crippen LogP contribution in [0.2, 0.25) is 0 Å². The van der Waals surface area contributed by atoms with E-state index in [1.54, 1.807) is 12.1 Å². The van der Waals surface area contributed by atoms with E-state index in [0.29, 0.717) is 10.0 Å².